The van der Waals surface area contributed by atoms with Gasteiger partial charge in [0.25, 0.3) is 0 Å². The third kappa shape index (κ3) is 0.914. The molecule has 3 heteroatoms. The van der Waals surface area contributed by atoms with Crippen molar-refractivity contribution in [3.05, 3.63) is 16.5 Å². The lowest BCUT2D eigenvalue weighted by Gasteiger charge is -2.10. The van der Waals surface area contributed by atoms with Crippen molar-refractivity contribution in [2.24, 2.45) is 0 Å². The predicted octanol–water partition coefficient (Wildman–Crippen LogP) is 1.10. The van der Waals surface area contributed by atoms with E-state index in [1.54, 1.807) is 0 Å². The third-order valence-electron chi connectivity index (χ3n) is 1.73. The van der Waals surface area contributed by atoms with Gasteiger partial charge >= 0.3 is 0 Å². The van der Waals surface area contributed by atoms with E-state index in [9.17, 15) is 0 Å². The van der Waals surface area contributed by atoms with Gasteiger partial charge in [0, 0.05) is 18.0 Å². The second-order valence-electron chi connectivity index (χ2n) is 2.46. The van der Waals surface area contributed by atoms with Gasteiger partial charge in [0.15, 0.2) is 5.06 Å². The van der Waals surface area contributed by atoms with E-state index in [2.05, 4.69) is 5.32 Å². The molecule has 0 saturated carbocycles. The van der Waals surface area contributed by atoms with Crippen LogP contribution in [0.4, 0.5) is 0 Å². The minimum absolute atomic E-state index is 0.453. The van der Waals surface area contributed by atoms with Gasteiger partial charge in [-0.15, -0.1) is 11.3 Å². The van der Waals surface area contributed by atoms with Gasteiger partial charge in [0.2, 0.25) is 0 Å². The molecule has 0 aliphatic carbocycles. The van der Waals surface area contributed by atoms with Gasteiger partial charge in [-0.05, 0) is 18.1 Å². The van der Waals surface area contributed by atoms with Crippen LogP contribution in [-0.2, 0) is 13.0 Å². The minimum Gasteiger partial charge on any atom is -0.499 e. The average molecular weight is 155 g/mol. The molecular weight excluding hydrogens is 146 g/mol. The van der Waals surface area contributed by atoms with Crippen molar-refractivity contribution in [3.63, 3.8) is 0 Å². The second kappa shape index (κ2) is 2.25. The summed E-state index contributed by atoms with van der Waals surface area (Å²) in [5, 5.41) is 12.8. The first kappa shape index (κ1) is 6.19. The summed E-state index contributed by atoms with van der Waals surface area (Å²) >= 11 is 1.51. The number of nitrogens with one attached hydrogen (secondary N) is 1. The molecule has 0 aromatic carbocycles. The lowest BCUT2D eigenvalue weighted by Crippen LogP contribution is -2.21. The maximum atomic E-state index is 9.11. The van der Waals surface area contributed by atoms with Crippen LogP contribution in [0.1, 0.15) is 10.4 Å². The van der Waals surface area contributed by atoms with Gasteiger partial charge in [-0.3, -0.25) is 0 Å². The summed E-state index contributed by atoms with van der Waals surface area (Å²) < 4.78 is 0. The van der Waals surface area contributed by atoms with E-state index in [1.165, 1.54) is 21.8 Å². The number of rotatable bonds is 0. The molecule has 0 amide bonds. The zero-order valence-corrected chi connectivity index (χ0v) is 6.37. The van der Waals surface area contributed by atoms with E-state index in [4.69, 9.17) is 5.11 Å². The van der Waals surface area contributed by atoms with Crippen molar-refractivity contribution in [1.82, 2.24) is 5.32 Å². The van der Waals surface area contributed by atoms with E-state index < -0.39 is 0 Å². The quantitative estimate of drug-likeness (QED) is 0.588. The van der Waals surface area contributed by atoms with Gasteiger partial charge < -0.3 is 10.4 Å². The fraction of sp³-hybridized carbons (Fsp3) is 0.429. The third-order valence-corrected chi connectivity index (χ3v) is 2.77. The minimum atomic E-state index is 0.453. The predicted molar refractivity (Wildman–Crippen MR) is 41.4 cm³/mol. The lowest BCUT2D eigenvalue weighted by atomic mass is 10.1. The number of hydrogen-bond acceptors (Lipinski definition) is 3. The van der Waals surface area contributed by atoms with Crippen LogP contribution in [-0.4, -0.2) is 11.7 Å². The molecule has 1 aromatic heterocycles. The van der Waals surface area contributed by atoms with Crippen LogP contribution in [0.25, 0.3) is 0 Å². The van der Waals surface area contributed by atoms with Crippen LogP contribution in [0.15, 0.2) is 6.07 Å². The fourth-order valence-electron chi connectivity index (χ4n) is 1.24. The first-order valence-corrected chi connectivity index (χ1v) is 4.19. The molecule has 0 fully saturated rings. The summed E-state index contributed by atoms with van der Waals surface area (Å²) in [5.41, 5.74) is 1.27. The molecule has 54 valence electrons. The highest BCUT2D eigenvalue weighted by atomic mass is 32.1. The summed E-state index contributed by atoms with van der Waals surface area (Å²) in [7, 11) is 0. The van der Waals surface area contributed by atoms with Crippen molar-refractivity contribution in [2.45, 2.75) is 13.0 Å². The highest BCUT2D eigenvalue weighted by molar-refractivity contribution is 7.13. The molecule has 0 saturated heterocycles. The molecule has 10 heavy (non-hydrogen) atoms. The summed E-state index contributed by atoms with van der Waals surface area (Å²) in [6.45, 7) is 1.97. The summed E-state index contributed by atoms with van der Waals surface area (Å²) in [5.74, 6) is 0. The molecule has 2 heterocycles. The molecular formula is C7H9NOS. The summed E-state index contributed by atoms with van der Waals surface area (Å²) in [6.07, 6.45) is 1.07. The Morgan fingerprint density at radius 1 is 1.60 bits per heavy atom. The first-order chi connectivity index (χ1) is 4.86. The molecule has 1 aliphatic rings. The van der Waals surface area contributed by atoms with Gasteiger partial charge in [-0.2, -0.15) is 0 Å². The molecule has 0 bridgehead atoms. The topological polar surface area (TPSA) is 32.3 Å². The molecule has 1 aromatic rings. The van der Waals surface area contributed by atoms with Crippen LogP contribution in [0.2, 0.25) is 0 Å². The monoisotopic (exact) mass is 155 g/mol. The fourth-order valence-corrected chi connectivity index (χ4v) is 2.16. The Morgan fingerprint density at radius 2 is 2.50 bits per heavy atom. The molecule has 2 rings (SSSR count). The highest BCUT2D eigenvalue weighted by Crippen LogP contribution is 2.29. The van der Waals surface area contributed by atoms with Crippen LogP contribution in [0.5, 0.6) is 5.06 Å². The number of thiophene rings is 1. The molecule has 0 spiro atoms. The van der Waals surface area contributed by atoms with Crippen LogP contribution in [0.3, 0.4) is 0 Å². The van der Waals surface area contributed by atoms with Crippen molar-refractivity contribution >= 4 is 11.3 Å². The van der Waals surface area contributed by atoms with Crippen LogP contribution in [0, 0.1) is 0 Å². The van der Waals surface area contributed by atoms with Gasteiger partial charge in [0.1, 0.15) is 0 Å². The van der Waals surface area contributed by atoms with E-state index in [0.29, 0.717) is 5.06 Å². The Kier molecular flexibility index (Phi) is 1.39. The molecule has 0 unspecified atom stereocenters. The Hall–Kier alpha value is -0.540. The van der Waals surface area contributed by atoms with Crippen LogP contribution < -0.4 is 5.32 Å². The lowest BCUT2D eigenvalue weighted by molar-refractivity contribution is 0.490. The molecule has 2 nitrogen and oxygen atoms in total. The zero-order valence-electron chi connectivity index (χ0n) is 5.55. The largest absolute Gasteiger partial charge is 0.499 e. The van der Waals surface area contributed by atoms with E-state index >= 15 is 0 Å². The van der Waals surface area contributed by atoms with Crippen LogP contribution >= 0.6 is 11.3 Å². The number of fused-ring (bicyclic) bond motifs is 1. The molecule has 1 aliphatic heterocycles. The van der Waals surface area contributed by atoms with E-state index in [-0.39, 0.29) is 0 Å². The van der Waals surface area contributed by atoms with Gasteiger partial charge in [-0.25, -0.2) is 0 Å². The zero-order chi connectivity index (χ0) is 6.97. The normalized spacial score (nSPS) is 16.8. The van der Waals surface area contributed by atoms with Crippen molar-refractivity contribution < 1.29 is 5.11 Å². The number of aromatic hydroxyl groups is 1. The summed E-state index contributed by atoms with van der Waals surface area (Å²) in [4.78, 5) is 1.34. The van der Waals surface area contributed by atoms with Gasteiger partial charge in [-0.1, -0.05) is 0 Å². The average Bonchev–Trinajstić information content (AvgIpc) is 2.27. The van der Waals surface area contributed by atoms with E-state index in [0.717, 1.165) is 19.5 Å². The molecule has 0 atom stereocenters. The van der Waals surface area contributed by atoms with Crippen molar-refractivity contribution in [1.29, 1.82) is 0 Å². The SMILES string of the molecule is Oc1cc2c(s1)CCNC2. The highest BCUT2D eigenvalue weighted by Gasteiger charge is 2.11. The van der Waals surface area contributed by atoms with Crippen molar-refractivity contribution in [2.75, 3.05) is 6.54 Å². The van der Waals surface area contributed by atoms with Crippen molar-refractivity contribution in [3.8, 4) is 5.06 Å². The second-order valence-corrected chi connectivity index (χ2v) is 3.58. The molecule has 0 radical (unpaired) electrons. The maximum Gasteiger partial charge on any atom is 0.171 e. The molecule has 2 N–H and O–H groups in total. The Morgan fingerprint density at radius 3 is 3.30 bits per heavy atom. The maximum absolute atomic E-state index is 9.11. The standard InChI is InChI=1S/C7H9NOS/c9-7-3-5-4-8-2-1-6(5)10-7/h3,8-9H,1-2,4H2. The first-order valence-electron chi connectivity index (χ1n) is 3.37. The number of hydrogen-bond donors (Lipinski definition) is 2. The Labute approximate surface area is 63.5 Å². The smallest absolute Gasteiger partial charge is 0.171 e. The van der Waals surface area contributed by atoms with Gasteiger partial charge in [0.05, 0.1) is 0 Å². The summed E-state index contributed by atoms with van der Waals surface area (Å²) in [6, 6.07) is 1.85. The van der Waals surface area contributed by atoms with E-state index in [1.807, 2.05) is 6.07 Å². The Bertz CT molecular complexity index is 220. The Balaban J connectivity index is 2.41.